The third kappa shape index (κ3) is 2.41. The largest absolute Gasteiger partial charge is 0.496 e. The van der Waals surface area contributed by atoms with Gasteiger partial charge in [0.25, 0.3) is 5.56 Å². The zero-order valence-corrected chi connectivity index (χ0v) is 13.9. The van der Waals surface area contributed by atoms with Crippen molar-refractivity contribution in [2.45, 2.75) is 26.7 Å². The molecule has 22 heavy (non-hydrogen) atoms. The fourth-order valence-corrected chi connectivity index (χ4v) is 3.42. The molecule has 0 saturated carbocycles. The summed E-state index contributed by atoms with van der Waals surface area (Å²) in [6.07, 6.45) is 0. The molecule has 0 radical (unpaired) electrons. The topological polar surface area (TPSA) is 55.0 Å². The number of aryl methyl sites for hydroxylation is 1. The molecule has 0 spiro atoms. The molecule has 4 nitrogen and oxygen atoms in total. The highest BCUT2D eigenvalue weighted by Crippen LogP contribution is 2.37. The summed E-state index contributed by atoms with van der Waals surface area (Å²) in [5.74, 6) is 1.68. The van der Waals surface area contributed by atoms with Crippen molar-refractivity contribution >= 4 is 21.6 Å². The molecule has 0 unspecified atom stereocenters. The highest BCUT2D eigenvalue weighted by molar-refractivity contribution is 7.17. The number of H-pyrrole nitrogens is 1. The number of thiophene rings is 1. The molecule has 0 aliphatic heterocycles. The van der Waals surface area contributed by atoms with Crippen LogP contribution in [0.3, 0.4) is 0 Å². The second kappa shape index (κ2) is 5.57. The number of ether oxygens (including phenoxy) is 1. The zero-order valence-electron chi connectivity index (χ0n) is 13.1. The van der Waals surface area contributed by atoms with E-state index < -0.39 is 0 Å². The lowest BCUT2D eigenvalue weighted by Gasteiger charge is -2.09. The fourth-order valence-electron chi connectivity index (χ4n) is 2.47. The number of methoxy groups -OCH3 is 1. The molecule has 0 aliphatic carbocycles. The second-order valence-corrected chi connectivity index (χ2v) is 6.50. The van der Waals surface area contributed by atoms with Crippen LogP contribution in [-0.4, -0.2) is 17.1 Å². The van der Waals surface area contributed by atoms with Crippen molar-refractivity contribution in [3.63, 3.8) is 0 Å². The predicted molar refractivity (Wildman–Crippen MR) is 91.1 cm³/mol. The molecule has 1 aromatic carbocycles. The minimum Gasteiger partial charge on any atom is -0.496 e. The molecule has 114 valence electrons. The van der Waals surface area contributed by atoms with E-state index in [-0.39, 0.29) is 11.5 Å². The Morgan fingerprint density at radius 1 is 1.27 bits per heavy atom. The maximum atomic E-state index is 12.5. The van der Waals surface area contributed by atoms with Gasteiger partial charge in [-0.1, -0.05) is 25.5 Å². The Kier molecular flexibility index (Phi) is 3.74. The van der Waals surface area contributed by atoms with E-state index >= 15 is 0 Å². The number of nitrogens with zero attached hydrogens (tertiary/aromatic N) is 1. The van der Waals surface area contributed by atoms with E-state index in [2.05, 4.69) is 9.97 Å². The molecule has 2 heterocycles. The molecule has 0 bridgehead atoms. The van der Waals surface area contributed by atoms with Gasteiger partial charge in [0.2, 0.25) is 0 Å². The predicted octanol–water partition coefficient (Wildman–Crippen LogP) is 4.09. The molecule has 5 heteroatoms. The van der Waals surface area contributed by atoms with Crippen LogP contribution in [0.1, 0.15) is 31.2 Å². The van der Waals surface area contributed by atoms with Crippen molar-refractivity contribution in [1.29, 1.82) is 0 Å². The van der Waals surface area contributed by atoms with Gasteiger partial charge in [0.15, 0.2) is 0 Å². The first-order chi connectivity index (χ1) is 10.5. The van der Waals surface area contributed by atoms with Gasteiger partial charge >= 0.3 is 0 Å². The van der Waals surface area contributed by atoms with Gasteiger partial charge in [0, 0.05) is 22.4 Å². The summed E-state index contributed by atoms with van der Waals surface area (Å²) in [7, 11) is 1.64. The van der Waals surface area contributed by atoms with E-state index in [0.29, 0.717) is 5.39 Å². The summed E-state index contributed by atoms with van der Waals surface area (Å²) in [5.41, 5.74) is 2.84. The smallest absolute Gasteiger partial charge is 0.260 e. The SMILES string of the molecule is COc1ccc(C)cc1-c1csc2nc(C(C)C)[nH]c(=O)c12. The van der Waals surface area contributed by atoms with E-state index in [1.54, 1.807) is 7.11 Å². The molecule has 0 saturated heterocycles. The van der Waals surface area contributed by atoms with Crippen LogP contribution >= 0.6 is 11.3 Å². The summed E-state index contributed by atoms with van der Waals surface area (Å²) in [5, 5.41) is 2.62. The monoisotopic (exact) mass is 314 g/mol. The Morgan fingerprint density at radius 2 is 2.05 bits per heavy atom. The number of hydrogen-bond donors (Lipinski definition) is 1. The number of nitrogens with one attached hydrogen (secondary N) is 1. The normalized spacial score (nSPS) is 11.3. The van der Waals surface area contributed by atoms with Crippen LogP contribution < -0.4 is 10.3 Å². The summed E-state index contributed by atoms with van der Waals surface area (Å²) < 4.78 is 5.45. The molecule has 0 atom stereocenters. The molecule has 0 fully saturated rings. The number of aromatic nitrogens is 2. The maximum absolute atomic E-state index is 12.5. The Balaban J connectivity index is 2.30. The number of hydrogen-bond acceptors (Lipinski definition) is 4. The standard InChI is InChI=1S/C17H18N2O2S/c1-9(2)15-18-16(20)14-12(8-22-17(14)19-15)11-7-10(3)5-6-13(11)21-4/h5-9H,1-4H3,(H,18,19,20). The van der Waals surface area contributed by atoms with Crippen LogP contribution in [0.4, 0.5) is 0 Å². The molecule has 0 amide bonds. The van der Waals surface area contributed by atoms with Crippen molar-refractivity contribution in [2.75, 3.05) is 7.11 Å². The summed E-state index contributed by atoms with van der Waals surface area (Å²) in [6, 6.07) is 5.96. The Labute approximate surface area is 132 Å². The van der Waals surface area contributed by atoms with Crippen LogP contribution in [0.15, 0.2) is 28.4 Å². The van der Waals surface area contributed by atoms with E-state index in [0.717, 1.165) is 33.1 Å². The van der Waals surface area contributed by atoms with Gasteiger partial charge in [-0.25, -0.2) is 4.98 Å². The first-order valence-electron chi connectivity index (χ1n) is 7.17. The lowest BCUT2D eigenvalue weighted by atomic mass is 10.0. The summed E-state index contributed by atoms with van der Waals surface area (Å²) in [6.45, 7) is 6.06. The molecular weight excluding hydrogens is 296 g/mol. The van der Waals surface area contributed by atoms with E-state index in [4.69, 9.17) is 4.74 Å². The van der Waals surface area contributed by atoms with Gasteiger partial charge in [0.1, 0.15) is 16.4 Å². The Bertz CT molecular complexity index is 893. The van der Waals surface area contributed by atoms with Crippen molar-refractivity contribution in [2.24, 2.45) is 0 Å². The van der Waals surface area contributed by atoms with Crippen LogP contribution in [0.2, 0.25) is 0 Å². The van der Waals surface area contributed by atoms with Crippen LogP contribution in [0.5, 0.6) is 5.75 Å². The minimum absolute atomic E-state index is 0.0893. The van der Waals surface area contributed by atoms with Gasteiger partial charge < -0.3 is 9.72 Å². The van der Waals surface area contributed by atoms with E-state index in [1.165, 1.54) is 11.3 Å². The highest BCUT2D eigenvalue weighted by Gasteiger charge is 2.16. The van der Waals surface area contributed by atoms with Crippen LogP contribution in [-0.2, 0) is 0 Å². The quantitative estimate of drug-likeness (QED) is 0.792. The van der Waals surface area contributed by atoms with Crippen molar-refractivity contribution in [1.82, 2.24) is 9.97 Å². The average molecular weight is 314 g/mol. The number of rotatable bonds is 3. The molecule has 1 N–H and O–H groups in total. The number of fused-ring (bicyclic) bond motifs is 1. The van der Waals surface area contributed by atoms with Crippen LogP contribution in [0.25, 0.3) is 21.3 Å². The minimum atomic E-state index is -0.0893. The maximum Gasteiger partial charge on any atom is 0.260 e. The zero-order chi connectivity index (χ0) is 15.9. The lowest BCUT2D eigenvalue weighted by molar-refractivity contribution is 0.416. The lowest BCUT2D eigenvalue weighted by Crippen LogP contribution is -2.12. The number of aromatic amines is 1. The average Bonchev–Trinajstić information content (AvgIpc) is 2.91. The Morgan fingerprint density at radius 3 is 2.73 bits per heavy atom. The third-order valence-electron chi connectivity index (χ3n) is 3.65. The molecular formula is C17H18N2O2S. The Hall–Kier alpha value is -2.14. The first-order valence-corrected chi connectivity index (χ1v) is 8.05. The first kappa shape index (κ1) is 14.8. The molecule has 3 aromatic rings. The van der Waals surface area contributed by atoms with Crippen molar-refractivity contribution < 1.29 is 4.74 Å². The summed E-state index contributed by atoms with van der Waals surface area (Å²) >= 11 is 1.49. The highest BCUT2D eigenvalue weighted by atomic mass is 32.1. The van der Waals surface area contributed by atoms with Gasteiger partial charge in [-0.2, -0.15) is 0 Å². The van der Waals surface area contributed by atoms with Gasteiger partial charge in [0.05, 0.1) is 12.5 Å². The van der Waals surface area contributed by atoms with Gasteiger partial charge in [-0.3, -0.25) is 4.79 Å². The third-order valence-corrected chi connectivity index (χ3v) is 4.53. The summed E-state index contributed by atoms with van der Waals surface area (Å²) in [4.78, 5) is 20.8. The fraction of sp³-hybridized carbons (Fsp3) is 0.294. The van der Waals surface area contributed by atoms with Crippen LogP contribution in [0, 0.1) is 6.92 Å². The number of benzene rings is 1. The molecule has 3 rings (SSSR count). The van der Waals surface area contributed by atoms with Crippen molar-refractivity contribution in [3.8, 4) is 16.9 Å². The van der Waals surface area contributed by atoms with E-state index in [1.807, 2.05) is 44.4 Å². The van der Waals surface area contributed by atoms with Gasteiger partial charge in [-0.05, 0) is 19.1 Å². The van der Waals surface area contributed by atoms with Gasteiger partial charge in [-0.15, -0.1) is 11.3 Å². The molecule has 2 aromatic heterocycles. The van der Waals surface area contributed by atoms with Crippen molar-refractivity contribution in [3.05, 3.63) is 45.3 Å². The van der Waals surface area contributed by atoms with E-state index in [9.17, 15) is 4.79 Å². The second-order valence-electron chi connectivity index (χ2n) is 5.64. The molecule has 0 aliphatic rings.